The molecule has 2 fully saturated rings. The number of nitrogens with one attached hydrogen (secondary N) is 1. The molecule has 0 aliphatic heterocycles. The smallest absolute Gasteiger partial charge is 0.220 e. The number of hydrogen-bond acceptors (Lipinski definition) is 2. The van der Waals surface area contributed by atoms with E-state index in [1.54, 1.807) is 0 Å². The summed E-state index contributed by atoms with van der Waals surface area (Å²) in [4.78, 5) is 12.2. The van der Waals surface area contributed by atoms with Gasteiger partial charge in [0.05, 0.1) is 0 Å². The van der Waals surface area contributed by atoms with Gasteiger partial charge in [-0.1, -0.05) is 36.6 Å². The molecule has 0 saturated heterocycles. The molecule has 1 aromatic carbocycles. The van der Waals surface area contributed by atoms with E-state index in [2.05, 4.69) is 17.4 Å². The SMILES string of the molecule is Cl.N[C@@H]1CCC[C@H]1CC(=O)NCC1(c2ccc(Cl)cc2)CCC1. The summed E-state index contributed by atoms with van der Waals surface area (Å²) in [6.45, 7) is 0.732. The summed E-state index contributed by atoms with van der Waals surface area (Å²) >= 11 is 5.98. The van der Waals surface area contributed by atoms with Gasteiger partial charge in [0.25, 0.3) is 0 Å². The Morgan fingerprint density at radius 3 is 2.43 bits per heavy atom. The van der Waals surface area contributed by atoms with Gasteiger partial charge in [-0.05, 0) is 49.3 Å². The van der Waals surface area contributed by atoms with Crippen LogP contribution in [0.15, 0.2) is 24.3 Å². The van der Waals surface area contributed by atoms with Crippen LogP contribution in [0.5, 0.6) is 0 Å². The van der Waals surface area contributed by atoms with Crippen LogP contribution >= 0.6 is 24.0 Å². The van der Waals surface area contributed by atoms with Crippen molar-refractivity contribution in [3.63, 3.8) is 0 Å². The minimum absolute atomic E-state index is 0. The zero-order chi connectivity index (χ0) is 15.6. The third-order valence-electron chi connectivity index (χ3n) is 5.56. The van der Waals surface area contributed by atoms with E-state index in [0.717, 1.165) is 43.7 Å². The lowest BCUT2D eigenvalue weighted by Crippen LogP contribution is -2.46. The Bertz CT molecular complexity index is 528. The largest absolute Gasteiger partial charge is 0.355 e. The van der Waals surface area contributed by atoms with E-state index < -0.39 is 0 Å². The Morgan fingerprint density at radius 1 is 1.22 bits per heavy atom. The van der Waals surface area contributed by atoms with Gasteiger partial charge in [0, 0.05) is 29.4 Å². The van der Waals surface area contributed by atoms with Crippen molar-refractivity contribution >= 4 is 29.9 Å². The molecule has 0 unspecified atom stereocenters. The molecule has 1 amide bonds. The molecule has 3 N–H and O–H groups in total. The van der Waals surface area contributed by atoms with Crippen LogP contribution in [0.4, 0.5) is 0 Å². The maximum atomic E-state index is 12.2. The second kappa shape index (κ2) is 7.87. The summed E-state index contributed by atoms with van der Waals surface area (Å²) in [6, 6.07) is 8.29. The average molecular weight is 357 g/mol. The molecule has 23 heavy (non-hydrogen) atoms. The minimum atomic E-state index is 0. The Kier molecular flexibility index (Phi) is 6.35. The Balaban J connectivity index is 0.00000192. The summed E-state index contributed by atoms with van der Waals surface area (Å²) in [5, 5.41) is 3.92. The zero-order valence-corrected chi connectivity index (χ0v) is 15.0. The maximum Gasteiger partial charge on any atom is 0.220 e. The number of amides is 1. The third kappa shape index (κ3) is 4.20. The first-order valence-electron chi connectivity index (χ1n) is 8.37. The van der Waals surface area contributed by atoms with Gasteiger partial charge >= 0.3 is 0 Å². The second-order valence-electron chi connectivity index (χ2n) is 6.98. The Morgan fingerprint density at radius 2 is 1.91 bits per heavy atom. The van der Waals surface area contributed by atoms with Crippen molar-refractivity contribution in [2.24, 2.45) is 11.7 Å². The first-order valence-corrected chi connectivity index (χ1v) is 8.75. The van der Waals surface area contributed by atoms with Gasteiger partial charge in [-0.15, -0.1) is 12.4 Å². The Hall–Kier alpha value is -0.770. The van der Waals surface area contributed by atoms with E-state index in [0.29, 0.717) is 12.3 Å². The van der Waals surface area contributed by atoms with Crippen LogP contribution in [0.25, 0.3) is 0 Å². The summed E-state index contributed by atoms with van der Waals surface area (Å²) in [5.74, 6) is 0.524. The van der Waals surface area contributed by atoms with E-state index >= 15 is 0 Å². The molecule has 5 heteroatoms. The molecule has 3 nitrogen and oxygen atoms in total. The minimum Gasteiger partial charge on any atom is -0.355 e. The number of rotatable bonds is 5. The van der Waals surface area contributed by atoms with Gasteiger partial charge in [0.2, 0.25) is 5.91 Å². The van der Waals surface area contributed by atoms with E-state index in [1.165, 1.54) is 12.0 Å². The topological polar surface area (TPSA) is 55.1 Å². The van der Waals surface area contributed by atoms with E-state index in [9.17, 15) is 4.79 Å². The summed E-state index contributed by atoms with van der Waals surface area (Å²) in [7, 11) is 0. The third-order valence-corrected chi connectivity index (χ3v) is 5.81. The van der Waals surface area contributed by atoms with Crippen LogP contribution in [-0.2, 0) is 10.2 Å². The maximum absolute atomic E-state index is 12.2. The molecule has 2 aliphatic rings. The summed E-state index contributed by atoms with van der Waals surface area (Å²) in [6.07, 6.45) is 7.40. The lowest BCUT2D eigenvalue weighted by atomic mass is 9.64. The number of carbonyl (C=O) groups excluding carboxylic acids is 1. The van der Waals surface area contributed by atoms with E-state index in [1.807, 2.05) is 12.1 Å². The lowest BCUT2D eigenvalue weighted by molar-refractivity contribution is -0.122. The van der Waals surface area contributed by atoms with E-state index in [4.69, 9.17) is 17.3 Å². The molecule has 2 aliphatic carbocycles. The molecule has 3 rings (SSSR count). The van der Waals surface area contributed by atoms with Crippen LogP contribution in [0.2, 0.25) is 5.02 Å². The molecule has 0 aromatic heterocycles. The molecule has 0 bridgehead atoms. The number of hydrogen-bond donors (Lipinski definition) is 2. The predicted molar refractivity (Wildman–Crippen MR) is 97.2 cm³/mol. The normalized spacial score (nSPS) is 25.3. The van der Waals surface area contributed by atoms with E-state index in [-0.39, 0.29) is 29.8 Å². The van der Waals surface area contributed by atoms with Gasteiger partial charge in [0.15, 0.2) is 0 Å². The van der Waals surface area contributed by atoms with Crippen molar-refractivity contribution < 1.29 is 4.79 Å². The highest BCUT2D eigenvalue weighted by Gasteiger charge is 2.39. The van der Waals surface area contributed by atoms with Crippen molar-refractivity contribution in [1.82, 2.24) is 5.32 Å². The zero-order valence-electron chi connectivity index (χ0n) is 13.4. The monoisotopic (exact) mass is 356 g/mol. The molecule has 0 spiro atoms. The summed E-state index contributed by atoms with van der Waals surface area (Å²) < 4.78 is 0. The first-order chi connectivity index (χ1) is 10.6. The summed E-state index contributed by atoms with van der Waals surface area (Å²) in [5.41, 5.74) is 7.46. The Labute approximate surface area is 149 Å². The first kappa shape index (κ1) is 18.6. The van der Waals surface area contributed by atoms with Crippen molar-refractivity contribution in [3.05, 3.63) is 34.9 Å². The molecule has 1 aromatic rings. The predicted octanol–water partition coefficient (Wildman–Crippen LogP) is 3.82. The van der Waals surface area contributed by atoms with Crippen LogP contribution < -0.4 is 11.1 Å². The molecular weight excluding hydrogens is 331 g/mol. The highest BCUT2D eigenvalue weighted by Crippen LogP contribution is 2.43. The standard InChI is InChI=1S/C18H25ClN2O.ClH/c19-15-7-5-14(6-8-15)18(9-2-10-18)12-21-17(22)11-13-3-1-4-16(13)20;/h5-8,13,16H,1-4,9-12,20H2,(H,21,22);1H/t13-,16+;/m0./s1. The lowest BCUT2D eigenvalue weighted by Gasteiger charge is -2.42. The van der Waals surface area contributed by atoms with Crippen molar-refractivity contribution in [2.75, 3.05) is 6.54 Å². The van der Waals surface area contributed by atoms with Gasteiger partial charge in [0.1, 0.15) is 0 Å². The van der Waals surface area contributed by atoms with Gasteiger partial charge < -0.3 is 11.1 Å². The average Bonchev–Trinajstić information content (AvgIpc) is 2.85. The van der Waals surface area contributed by atoms with Crippen LogP contribution in [0.1, 0.15) is 50.5 Å². The molecule has 2 atom stereocenters. The van der Waals surface area contributed by atoms with Crippen molar-refractivity contribution in [3.8, 4) is 0 Å². The number of benzene rings is 1. The van der Waals surface area contributed by atoms with Crippen molar-refractivity contribution in [1.29, 1.82) is 0 Å². The van der Waals surface area contributed by atoms with Crippen LogP contribution in [0.3, 0.4) is 0 Å². The number of nitrogens with two attached hydrogens (primary N) is 1. The fourth-order valence-electron chi connectivity index (χ4n) is 3.87. The second-order valence-corrected chi connectivity index (χ2v) is 7.41. The quantitative estimate of drug-likeness (QED) is 0.842. The van der Waals surface area contributed by atoms with Gasteiger partial charge in [-0.3, -0.25) is 4.79 Å². The fourth-order valence-corrected chi connectivity index (χ4v) is 4.00. The number of halogens is 2. The van der Waals surface area contributed by atoms with Crippen molar-refractivity contribution in [2.45, 2.75) is 56.4 Å². The molecule has 0 heterocycles. The number of carbonyl (C=O) groups is 1. The molecule has 128 valence electrons. The highest BCUT2D eigenvalue weighted by atomic mass is 35.5. The van der Waals surface area contributed by atoms with Gasteiger partial charge in [-0.2, -0.15) is 0 Å². The van der Waals surface area contributed by atoms with Gasteiger partial charge in [-0.25, -0.2) is 0 Å². The van der Waals surface area contributed by atoms with Crippen LogP contribution in [-0.4, -0.2) is 18.5 Å². The molecule has 0 radical (unpaired) electrons. The molecular formula is C18H26Cl2N2O. The highest BCUT2D eigenvalue weighted by molar-refractivity contribution is 6.30. The van der Waals surface area contributed by atoms with Crippen LogP contribution in [0, 0.1) is 5.92 Å². The molecule has 2 saturated carbocycles. The fraction of sp³-hybridized carbons (Fsp3) is 0.611.